The number of rotatable bonds is 6. The van der Waals surface area contributed by atoms with Gasteiger partial charge < -0.3 is 5.32 Å². The first-order chi connectivity index (χ1) is 8.90. The Kier molecular flexibility index (Phi) is 6.60. The molecule has 0 aromatic carbocycles. The fourth-order valence-corrected chi connectivity index (χ4v) is 2.87. The molecule has 1 rings (SSSR count). The Balaban J connectivity index is 2.45. The summed E-state index contributed by atoms with van der Waals surface area (Å²) in [5.74, 6) is -1.10. The molecule has 19 heavy (non-hydrogen) atoms. The second-order valence-corrected chi connectivity index (χ2v) is 5.56. The fraction of sp³-hybridized carbons (Fsp3) is 1.00. The van der Waals surface area contributed by atoms with E-state index < -0.39 is 12.1 Å². The molecule has 0 aromatic rings. The van der Waals surface area contributed by atoms with E-state index in [2.05, 4.69) is 31.0 Å². The Hall–Kier alpha value is -0.290. The molecule has 0 radical (unpaired) electrons. The van der Waals surface area contributed by atoms with Gasteiger partial charge in [0.15, 0.2) is 0 Å². The molecule has 0 amide bonds. The molecule has 2 unspecified atom stereocenters. The van der Waals surface area contributed by atoms with Crippen molar-refractivity contribution in [2.24, 2.45) is 5.92 Å². The molecule has 0 bridgehead atoms. The SMILES string of the molecule is CCCNC(CC)C(C)N1CCC(C(F)(F)F)CC1. The largest absolute Gasteiger partial charge is 0.391 e. The summed E-state index contributed by atoms with van der Waals surface area (Å²) < 4.78 is 37.9. The van der Waals surface area contributed by atoms with Gasteiger partial charge in [-0.3, -0.25) is 4.90 Å². The Bertz CT molecular complexity index is 248. The standard InChI is InChI=1S/C14H27F3N2/c1-4-8-18-13(5-2)11(3)19-9-6-12(7-10-19)14(15,16)17/h11-13,18H,4-10H2,1-3H3. The normalized spacial score (nSPS) is 22.4. The summed E-state index contributed by atoms with van der Waals surface area (Å²) in [5.41, 5.74) is 0. The minimum Gasteiger partial charge on any atom is -0.312 e. The summed E-state index contributed by atoms with van der Waals surface area (Å²) in [4.78, 5) is 2.21. The second-order valence-electron chi connectivity index (χ2n) is 5.56. The van der Waals surface area contributed by atoms with Gasteiger partial charge in [0, 0.05) is 12.1 Å². The maximum atomic E-state index is 12.6. The number of likely N-dealkylation sites (tertiary alicyclic amines) is 1. The van der Waals surface area contributed by atoms with Crippen LogP contribution in [-0.4, -0.2) is 42.8 Å². The van der Waals surface area contributed by atoms with Crippen molar-refractivity contribution in [2.75, 3.05) is 19.6 Å². The number of alkyl halides is 3. The van der Waals surface area contributed by atoms with Crippen LogP contribution in [0.25, 0.3) is 0 Å². The predicted octanol–water partition coefficient (Wildman–Crippen LogP) is 3.43. The summed E-state index contributed by atoms with van der Waals surface area (Å²) in [6.07, 6.45) is -1.42. The van der Waals surface area contributed by atoms with Gasteiger partial charge >= 0.3 is 6.18 Å². The van der Waals surface area contributed by atoms with E-state index in [1.54, 1.807) is 0 Å². The zero-order valence-corrected chi connectivity index (χ0v) is 12.3. The molecule has 0 spiro atoms. The molecule has 1 saturated heterocycles. The molecule has 2 atom stereocenters. The van der Waals surface area contributed by atoms with Crippen molar-refractivity contribution in [3.8, 4) is 0 Å². The summed E-state index contributed by atoms with van der Waals surface area (Å²) in [6, 6.07) is 0.688. The first-order valence-corrected chi connectivity index (χ1v) is 7.44. The van der Waals surface area contributed by atoms with E-state index in [1.807, 2.05) is 0 Å². The molecule has 0 aliphatic carbocycles. The lowest BCUT2D eigenvalue weighted by atomic mass is 9.94. The van der Waals surface area contributed by atoms with Gasteiger partial charge in [-0.25, -0.2) is 0 Å². The second kappa shape index (κ2) is 7.48. The summed E-state index contributed by atoms with van der Waals surface area (Å²) in [5, 5.41) is 3.49. The van der Waals surface area contributed by atoms with Crippen LogP contribution < -0.4 is 5.32 Å². The average molecular weight is 280 g/mol. The molecule has 1 N–H and O–H groups in total. The van der Waals surface area contributed by atoms with Crippen molar-refractivity contribution in [1.82, 2.24) is 10.2 Å². The highest BCUT2D eigenvalue weighted by Crippen LogP contribution is 2.34. The van der Waals surface area contributed by atoms with E-state index in [-0.39, 0.29) is 12.8 Å². The van der Waals surface area contributed by atoms with Gasteiger partial charge in [-0.1, -0.05) is 13.8 Å². The first kappa shape index (κ1) is 16.8. The summed E-state index contributed by atoms with van der Waals surface area (Å²) in [7, 11) is 0. The maximum absolute atomic E-state index is 12.6. The van der Waals surface area contributed by atoms with Gasteiger partial charge in [-0.2, -0.15) is 13.2 Å². The Morgan fingerprint density at radius 2 is 1.79 bits per heavy atom. The van der Waals surface area contributed by atoms with Crippen molar-refractivity contribution in [1.29, 1.82) is 0 Å². The summed E-state index contributed by atoms with van der Waals surface area (Å²) >= 11 is 0. The topological polar surface area (TPSA) is 15.3 Å². The van der Waals surface area contributed by atoms with E-state index >= 15 is 0 Å². The van der Waals surface area contributed by atoms with Gasteiger partial charge in [-0.05, 0) is 52.2 Å². The van der Waals surface area contributed by atoms with Crippen LogP contribution in [-0.2, 0) is 0 Å². The van der Waals surface area contributed by atoms with Gasteiger partial charge in [0.2, 0.25) is 0 Å². The van der Waals surface area contributed by atoms with Crippen LogP contribution in [0.2, 0.25) is 0 Å². The van der Waals surface area contributed by atoms with Crippen LogP contribution in [0.5, 0.6) is 0 Å². The van der Waals surface area contributed by atoms with Crippen molar-refractivity contribution in [3.05, 3.63) is 0 Å². The van der Waals surface area contributed by atoms with Crippen LogP contribution in [0.4, 0.5) is 13.2 Å². The molecule has 1 aliphatic heterocycles. The highest BCUT2D eigenvalue weighted by Gasteiger charge is 2.41. The molecule has 0 saturated carbocycles. The lowest BCUT2D eigenvalue weighted by molar-refractivity contribution is -0.186. The fourth-order valence-electron chi connectivity index (χ4n) is 2.87. The molecule has 0 aromatic heterocycles. The smallest absolute Gasteiger partial charge is 0.312 e. The van der Waals surface area contributed by atoms with Crippen LogP contribution in [0.3, 0.4) is 0 Å². The van der Waals surface area contributed by atoms with Gasteiger partial charge in [0.25, 0.3) is 0 Å². The third-order valence-electron chi connectivity index (χ3n) is 4.25. The van der Waals surface area contributed by atoms with E-state index in [1.165, 1.54) is 0 Å². The van der Waals surface area contributed by atoms with Crippen molar-refractivity contribution in [3.63, 3.8) is 0 Å². The zero-order valence-electron chi connectivity index (χ0n) is 12.3. The van der Waals surface area contributed by atoms with Gasteiger partial charge in [0.05, 0.1) is 5.92 Å². The molecule has 1 aliphatic rings. The molecule has 114 valence electrons. The monoisotopic (exact) mass is 280 g/mol. The highest BCUT2D eigenvalue weighted by molar-refractivity contribution is 4.85. The number of hydrogen-bond donors (Lipinski definition) is 1. The van der Waals surface area contributed by atoms with Crippen LogP contribution in [0.1, 0.15) is 46.5 Å². The lowest BCUT2D eigenvalue weighted by Gasteiger charge is -2.40. The van der Waals surface area contributed by atoms with Crippen molar-refractivity contribution >= 4 is 0 Å². The van der Waals surface area contributed by atoms with Crippen molar-refractivity contribution < 1.29 is 13.2 Å². The Morgan fingerprint density at radius 3 is 2.21 bits per heavy atom. The quantitative estimate of drug-likeness (QED) is 0.802. The molecule has 1 heterocycles. The summed E-state index contributed by atoms with van der Waals surface area (Å²) in [6.45, 7) is 8.49. The maximum Gasteiger partial charge on any atom is 0.391 e. The number of halogens is 3. The number of hydrogen-bond acceptors (Lipinski definition) is 2. The van der Waals surface area contributed by atoms with E-state index in [4.69, 9.17) is 0 Å². The van der Waals surface area contributed by atoms with Crippen LogP contribution in [0.15, 0.2) is 0 Å². The molecular weight excluding hydrogens is 253 g/mol. The van der Waals surface area contributed by atoms with E-state index in [0.717, 1.165) is 19.4 Å². The van der Waals surface area contributed by atoms with Crippen LogP contribution >= 0.6 is 0 Å². The number of piperidine rings is 1. The molecular formula is C14H27F3N2. The Morgan fingerprint density at radius 1 is 1.21 bits per heavy atom. The first-order valence-electron chi connectivity index (χ1n) is 7.44. The number of nitrogens with zero attached hydrogens (tertiary/aromatic N) is 1. The van der Waals surface area contributed by atoms with Crippen LogP contribution in [0, 0.1) is 5.92 Å². The minimum absolute atomic E-state index is 0.248. The third-order valence-corrected chi connectivity index (χ3v) is 4.25. The third kappa shape index (κ3) is 4.95. The van der Waals surface area contributed by atoms with E-state index in [0.29, 0.717) is 25.2 Å². The number of nitrogens with one attached hydrogen (secondary N) is 1. The minimum atomic E-state index is -4.01. The molecule has 1 fully saturated rings. The highest BCUT2D eigenvalue weighted by atomic mass is 19.4. The Labute approximate surface area is 114 Å². The zero-order chi connectivity index (χ0) is 14.5. The van der Waals surface area contributed by atoms with Gasteiger partial charge in [-0.15, -0.1) is 0 Å². The van der Waals surface area contributed by atoms with Crippen molar-refractivity contribution in [2.45, 2.75) is 64.7 Å². The predicted molar refractivity (Wildman–Crippen MR) is 72.2 cm³/mol. The average Bonchev–Trinajstić information content (AvgIpc) is 2.38. The molecule has 2 nitrogen and oxygen atoms in total. The van der Waals surface area contributed by atoms with Gasteiger partial charge in [0.1, 0.15) is 0 Å². The molecule has 5 heteroatoms. The van der Waals surface area contributed by atoms with E-state index in [9.17, 15) is 13.2 Å². The lowest BCUT2D eigenvalue weighted by Crippen LogP contribution is -2.51.